The van der Waals surface area contributed by atoms with Gasteiger partial charge in [-0.15, -0.1) is 0 Å². The summed E-state index contributed by atoms with van der Waals surface area (Å²) in [5.74, 6) is -0.996. The average Bonchev–Trinajstić information content (AvgIpc) is 2.80. The van der Waals surface area contributed by atoms with Gasteiger partial charge in [0.1, 0.15) is 5.82 Å². The topological polar surface area (TPSA) is 108 Å². The number of benzene rings is 1. The molecule has 3 heterocycles. The number of urea groups is 1. The van der Waals surface area contributed by atoms with Crippen molar-refractivity contribution >= 4 is 33.3 Å². The Morgan fingerprint density at radius 1 is 1.32 bits per heavy atom. The van der Waals surface area contributed by atoms with Crippen LogP contribution >= 0.6 is 0 Å². The normalized spacial score (nSPS) is 23.0. The van der Waals surface area contributed by atoms with Crippen LogP contribution in [0.4, 0.5) is 20.6 Å². The fraction of sp³-hybridized carbons (Fsp3) is 0.467. The number of carbonyl (C=O) groups excluding carboxylic acids is 2. The summed E-state index contributed by atoms with van der Waals surface area (Å²) in [7, 11) is -3.51. The third-order valence-corrected chi connectivity index (χ3v) is 4.87. The van der Waals surface area contributed by atoms with Crippen LogP contribution in [-0.2, 0) is 14.8 Å². The fourth-order valence-corrected chi connectivity index (χ4v) is 3.66. The first-order chi connectivity index (χ1) is 11.7. The molecule has 0 aromatic heterocycles. The monoisotopic (exact) mass is 370 g/mol. The molecule has 25 heavy (non-hydrogen) atoms. The lowest BCUT2D eigenvalue weighted by Crippen LogP contribution is -2.44. The molecule has 4 rings (SSSR count). The van der Waals surface area contributed by atoms with Crippen LogP contribution in [0.1, 0.15) is 12.8 Å². The second-order valence-corrected chi connectivity index (χ2v) is 8.13. The summed E-state index contributed by atoms with van der Waals surface area (Å²) >= 11 is 0. The second kappa shape index (κ2) is 6.51. The van der Waals surface area contributed by atoms with Crippen molar-refractivity contribution in [3.8, 4) is 0 Å². The van der Waals surface area contributed by atoms with E-state index in [-0.39, 0.29) is 35.8 Å². The van der Waals surface area contributed by atoms with E-state index < -0.39 is 21.9 Å². The molecule has 0 spiro atoms. The van der Waals surface area contributed by atoms with Gasteiger partial charge in [0.15, 0.2) is 0 Å². The number of carbonyl (C=O) groups is 2. The Morgan fingerprint density at radius 3 is 2.76 bits per heavy atom. The van der Waals surface area contributed by atoms with E-state index >= 15 is 0 Å². The third kappa shape index (κ3) is 4.19. The minimum atomic E-state index is -3.51. The van der Waals surface area contributed by atoms with Gasteiger partial charge in [0.05, 0.1) is 23.5 Å². The summed E-state index contributed by atoms with van der Waals surface area (Å²) < 4.78 is 38.7. The zero-order valence-corrected chi connectivity index (χ0v) is 14.4. The Kier molecular flexibility index (Phi) is 4.55. The van der Waals surface area contributed by atoms with Gasteiger partial charge in [-0.25, -0.2) is 17.6 Å². The summed E-state index contributed by atoms with van der Waals surface area (Å²) in [6.07, 6.45) is 2.51. The van der Waals surface area contributed by atoms with E-state index in [0.29, 0.717) is 6.54 Å². The first-order valence-electron chi connectivity index (χ1n) is 7.85. The highest BCUT2D eigenvalue weighted by molar-refractivity contribution is 7.92. The number of halogens is 1. The molecule has 0 radical (unpaired) electrons. The van der Waals surface area contributed by atoms with Gasteiger partial charge in [-0.3, -0.25) is 9.52 Å². The number of hydrogen-bond donors (Lipinski definition) is 3. The molecule has 3 fully saturated rings. The van der Waals surface area contributed by atoms with E-state index in [4.69, 9.17) is 0 Å². The van der Waals surface area contributed by atoms with Crippen LogP contribution in [0.5, 0.6) is 0 Å². The molecular formula is C15H19FN4O4S. The zero-order chi connectivity index (χ0) is 18.2. The third-order valence-electron chi connectivity index (χ3n) is 4.26. The molecule has 3 amide bonds. The van der Waals surface area contributed by atoms with Gasteiger partial charge in [0.2, 0.25) is 15.9 Å². The molecule has 1 aromatic rings. The predicted octanol–water partition coefficient (Wildman–Crippen LogP) is 0.939. The van der Waals surface area contributed by atoms with E-state index in [2.05, 4.69) is 15.4 Å². The van der Waals surface area contributed by atoms with Crippen LogP contribution in [0.25, 0.3) is 0 Å². The predicted molar refractivity (Wildman–Crippen MR) is 90.1 cm³/mol. The molecule has 10 heteroatoms. The lowest BCUT2D eigenvalue weighted by Gasteiger charge is -2.23. The van der Waals surface area contributed by atoms with Crippen LogP contribution in [0.3, 0.4) is 0 Å². The number of fused-ring (bicyclic) bond motifs is 4. The van der Waals surface area contributed by atoms with E-state index in [9.17, 15) is 22.4 Å². The maximum atomic E-state index is 14.0. The maximum Gasteiger partial charge on any atom is 0.322 e. The first-order valence-corrected chi connectivity index (χ1v) is 9.74. The SMILES string of the molecule is CS(=O)(=O)Nc1ccc(F)c(NC(=O)N2C[C@@H]3CC[C@H](C2)C(=O)N3)c1. The average molecular weight is 370 g/mol. The number of rotatable bonds is 3. The molecule has 3 N–H and O–H groups in total. The van der Waals surface area contributed by atoms with Crippen LogP contribution in [0.15, 0.2) is 18.2 Å². The summed E-state index contributed by atoms with van der Waals surface area (Å²) in [5.41, 5.74) is 0.0153. The Labute approximate surface area is 144 Å². The highest BCUT2D eigenvalue weighted by Crippen LogP contribution is 2.24. The molecule has 8 nitrogen and oxygen atoms in total. The van der Waals surface area contributed by atoms with Crippen molar-refractivity contribution in [3.63, 3.8) is 0 Å². The molecule has 0 unspecified atom stereocenters. The largest absolute Gasteiger partial charge is 0.351 e. The van der Waals surface area contributed by atoms with Crippen LogP contribution in [0.2, 0.25) is 0 Å². The highest BCUT2D eigenvalue weighted by atomic mass is 32.2. The quantitative estimate of drug-likeness (QED) is 0.736. The zero-order valence-electron chi connectivity index (χ0n) is 13.6. The lowest BCUT2D eigenvalue weighted by atomic mass is 9.96. The first kappa shape index (κ1) is 17.5. The van der Waals surface area contributed by atoms with E-state index in [1.165, 1.54) is 17.0 Å². The van der Waals surface area contributed by atoms with E-state index in [1.807, 2.05) is 0 Å². The Balaban J connectivity index is 1.74. The summed E-state index contributed by atoms with van der Waals surface area (Å²) in [5, 5.41) is 5.32. The lowest BCUT2D eigenvalue weighted by molar-refractivity contribution is -0.126. The maximum absolute atomic E-state index is 14.0. The molecule has 0 saturated carbocycles. The van der Waals surface area contributed by atoms with Gasteiger partial charge in [-0.2, -0.15) is 0 Å². The Hall–Kier alpha value is -2.36. The molecule has 1 aromatic carbocycles. The number of anilines is 2. The standard InChI is InChI=1S/C15H19FN4O4S/c1-25(23,24)19-10-4-5-12(16)13(6-10)18-15(22)20-7-9-2-3-11(8-20)17-14(9)21/h4-6,9,11,19H,2-3,7-8H2,1H3,(H,17,21)(H,18,22)/t9-,11+/m1/s1. The number of nitrogens with zero attached hydrogens (tertiary/aromatic N) is 1. The van der Waals surface area contributed by atoms with Gasteiger partial charge >= 0.3 is 6.03 Å². The molecule has 2 atom stereocenters. The van der Waals surface area contributed by atoms with Gasteiger partial charge in [-0.1, -0.05) is 0 Å². The Bertz CT molecular complexity index is 814. The number of nitrogens with one attached hydrogen (secondary N) is 3. The number of hydrogen-bond acceptors (Lipinski definition) is 4. The molecule has 136 valence electrons. The van der Waals surface area contributed by atoms with Crippen LogP contribution < -0.4 is 15.4 Å². The van der Waals surface area contributed by atoms with Crippen molar-refractivity contribution in [3.05, 3.63) is 24.0 Å². The minimum absolute atomic E-state index is 0.0583. The second-order valence-electron chi connectivity index (χ2n) is 6.38. The van der Waals surface area contributed by atoms with Crippen molar-refractivity contribution in [2.75, 3.05) is 29.4 Å². The molecule has 3 aliphatic heterocycles. The van der Waals surface area contributed by atoms with Crippen molar-refractivity contribution in [1.29, 1.82) is 0 Å². The van der Waals surface area contributed by atoms with Crippen molar-refractivity contribution in [2.45, 2.75) is 18.9 Å². The molecular weight excluding hydrogens is 351 g/mol. The number of sulfonamides is 1. The molecule has 2 bridgehead atoms. The van der Waals surface area contributed by atoms with Crippen LogP contribution in [-0.4, -0.2) is 50.6 Å². The van der Waals surface area contributed by atoms with E-state index in [1.54, 1.807) is 0 Å². The van der Waals surface area contributed by atoms with Crippen molar-refractivity contribution < 1.29 is 22.4 Å². The Morgan fingerprint density at radius 2 is 2.08 bits per heavy atom. The van der Waals surface area contributed by atoms with Gasteiger partial charge < -0.3 is 15.5 Å². The number of amides is 3. The van der Waals surface area contributed by atoms with E-state index in [0.717, 1.165) is 25.2 Å². The molecule has 3 saturated heterocycles. The van der Waals surface area contributed by atoms with Crippen molar-refractivity contribution in [1.82, 2.24) is 10.2 Å². The smallest absolute Gasteiger partial charge is 0.322 e. The summed E-state index contributed by atoms with van der Waals surface area (Å²) in [4.78, 5) is 25.8. The highest BCUT2D eigenvalue weighted by Gasteiger charge is 2.36. The van der Waals surface area contributed by atoms with Crippen LogP contribution in [0, 0.1) is 11.7 Å². The number of piperidine rings is 1. The summed E-state index contributed by atoms with van der Waals surface area (Å²) in [6, 6.07) is 2.93. The van der Waals surface area contributed by atoms with Crippen molar-refractivity contribution in [2.24, 2.45) is 5.92 Å². The van der Waals surface area contributed by atoms with Gasteiger partial charge in [0, 0.05) is 19.1 Å². The molecule has 3 aliphatic rings. The minimum Gasteiger partial charge on any atom is -0.351 e. The van der Waals surface area contributed by atoms with Gasteiger partial charge in [-0.05, 0) is 31.0 Å². The van der Waals surface area contributed by atoms with Gasteiger partial charge in [0.25, 0.3) is 0 Å². The summed E-state index contributed by atoms with van der Waals surface area (Å²) in [6.45, 7) is 0.633. The fourth-order valence-electron chi connectivity index (χ4n) is 3.10. The molecule has 0 aliphatic carbocycles.